The first-order valence-electron chi connectivity index (χ1n) is 10.3. The Bertz CT molecular complexity index is 600. The Hall–Kier alpha value is -2.28. The van der Waals surface area contributed by atoms with Crippen molar-refractivity contribution < 1.29 is 34.5 Å². The van der Waals surface area contributed by atoms with Crippen molar-refractivity contribution in [3.05, 3.63) is 0 Å². The van der Waals surface area contributed by atoms with E-state index in [1.54, 1.807) is 0 Å². The highest BCUT2D eigenvalue weighted by Crippen LogP contribution is 2.05. The molecule has 0 aromatic heterocycles. The molecule has 10 N–H and O–H groups in total. The molecule has 12 nitrogen and oxygen atoms in total. The number of aliphatic carboxylic acids is 1. The lowest BCUT2D eigenvalue weighted by molar-refractivity contribution is -0.143. The number of carbonyl (C=O) groups is 4. The van der Waals surface area contributed by atoms with E-state index in [2.05, 4.69) is 16.0 Å². The smallest absolute Gasteiger partial charge is 0.326 e. The summed E-state index contributed by atoms with van der Waals surface area (Å²) in [6.45, 7) is 4.57. The van der Waals surface area contributed by atoms with Gasteiger partial charge in [-0.3, -0.25) is 14.4 Å². The zero-order valence-corrected chi connectivity index (χ0v) is 18.3. The first kappa shape index (κ1) is 28.7. The van der Waals surface area contributed by atoms with Crippen molar-refractivity contribution in [1.29, 1.82) is 0 Å². The molecular formula is C19H37N5O7. The molecule has 0 saturated heterocycles. The van der Waals surface area contributed by atoms with Crippen LogP contribution in [0.15, 0.2) is 0 Å². The standard InChI is InChI=1S/C19H37N5O7/c1-10(2)8-12(21)16(27)24-15(11(3)26)18(29)23-14(9-25)17(28)22-13(19(30)31)6-4-5-7-20/h10-15,25-26H,4-9,20-21H2,1-3H3,(H,22,28)(H,23,29)(H,24,27)(H,30,31). The number of nitrogens with two attached hydrogens (primary N) is 2. The maximum Gasteiger partial charge on any atom is 0.326 e. The van der Waals surface area contributed by atoms with E-state index in [1.165, 1.54) is 6.92 Å². The summed E-state index contributed by atoms with van der Waals surface area (Å²) in [5, 5.41) is 35.4. The summed E-state index contributed by atoms with van der Waals surface area (Å²) < 4.78 is 0. The summed E-state index contributed by atoms with van der Waals surface area (Å²) in [5.41, 5.74) is 11.2. The SMILES string of the molecule is CC(C)CC(N)C(=O)NC(C(=O)NC(CO)C(=O)NC(CCCCN)C(=O)O)C(C)O. The number of rotatable bonds is 15. The van der Waals surface area contributed by atoms with E-state index in [9.17, 15) is 34.5 Å². The van der Waals surface area contributed by atoms with Crippen molar-refractivity contribution in [1.82, 2.24) is 16.0 Å². The van der Waals surface area contributed by atoms with Crippen LogP contribution in [0.4, 0.5) is 0 Å². The molecule has 0 rings (SSSR count). The van der Waals surface area contributed by atoms with Gasteiger partial charge in [0, 0.05) is 0 Å². The van der Waals surface area contributed by atoms with Gasteiger partial charge in [0.2, 0.25) is 17.7 Å². The van der Waals surface area contributed by atoms with Gasteiger partial charge in [-0.1, -0.05) is 13.8 Å². The fourth-order valence-electron chi connectivity index (χ4n) is 2.76. The Kier molecular flexibility index (Phi) is 13.6. The zero-order valence-electron chi connectivity index (χ0n) is 18.3. The van der Waals surface area contributed by atoms with Gasteiger partial charge in [0.1, 0.15) is 18.1 Å². The monoisotopic (exact) mass is 447 g/mol. The maximum atomic E-state index is 12.5. The van der Waals surface area contributed by atoms with E-state index in [4.69, 9.17) is 11.5 Å². The molecule has 0 radical (unpaired) electrons. The fourth-order valence-corrected chi connectivity index (χ4v) is 2.76. The van der Waals surface area contributed by atoms with Crippen LogP contribution < -0.4 is 27.4 Å². The minimum Gasteiger partial charge on any atom is -0.480 e. The number of unbranched alkanes of at least 4 members (excludes halogenated alkanes) is 1. The number of carbonyl (C=O) groups excluding carboxylic acids is 3. The lowest BCUT2D eigenvalue weighted by Gasteiger charge is -2.26. The highest BCUT2D eigenvalue weighted by Gasteiger charge is 2.32. The average Bonchev–Trinajstić information content (AvgIpc) is 2.67. The number of carboxylic acids is 1. The second-order valence-electron chi connectivity index (χ2n) is 7.89. The number of hydrogen-bond donors (Lipinski definition) is 8. The molecule has 0 bridgehead atoms. The molecule has 3 amide bonds. The summed E-state index contributed by atoms with van der Waals surface area (Å²) in [4.78, 5) is 48.4. The van der Waals surface area contributed by atoms with Gasteiger partial charge in [0.25, 0.3) is 0 Å². The third kappa shape index (κ3) is 11.1. The van der Waals surface area contributed by atoms with E-state index in [0.717, 1.165) is 0 Å². The molecule has 0 heterocycles. The van der Waals surface area contributed by atoms with Crippen LogP contribution >= 0.6 is 0 Å². The van der Waals surface area contributed by atoms with Crippen LogP contribution in [0, 0.1) is 5.92 Å². The molecule has 5 atom stereocenters. The number of amides is 3. The highest BCUT2D eigenvalue weighted by atomic mass is 16.4. The third-order valence-electron chi connectivity index (χ3n) is 4.50. The predicted octanol–water partition coefficient (Wildman–Crippen LogP) is -2.60. The van der Waals surface area contributed by atoms with Gasteiger partial charge < -0.3 is 42.7 Å². The van der Waals surface area contributed by atoms with Crippen molar-refractivity contribution in [3.63, 3.8) is 0 Å². The minimum atomic E-state index is -1.48. The maximum absolute atomic E-state index is 12.5. The number of nitrogens with one attached hydrogen (secondary N) is 3. The van der Waals surface area contributed by atoms with E-state index < -0.39 is 60.6 Å². The van der Waals surface area contributed by atoms with Gasteiger partial charge in [-0.15, -0.1) is 0 Å². The number of carboxylic acid groups (broad SMARTS) is 1. The second kappa shape index (κ2) is 14.7. The molecule has 12 heteroatoms. The van der Waals surface area contributed by atoms with Crippen LogP contribution in [0.2, 0.25) is 0 Å². The predicted molar refractivity (Wildman–Crippen MR) is 113 cm³/mol. The van der Waals surface area contributed by atoms with Crippen molar-refractivity contribution in [2.24, 2.45) is 17.4 Å². The lowest BCUT2D eigenvalue weighted by Crippen LogP contribution is -2.60. The molecule has 0 aromatic carbocycles. The Labute approximate surface area is 182 Å². The normalized spacial score (nSPS) is 16.0. The molecule has 0 aliphatic carbocycles. The van der Waals surface area contributed by atoms with Crippen LogP contribution in [0.25, 0.3) is 0 Å². The molecule has 0 fully saturated rings. The highest BCUT2D eigenvalue weighted by molar-refractivity contribution is 5.94. The molecule has 0 aromatic rings. The summed E-state index contributed by atoms with van der Waals surface area (Å²) in [7, 11) is 0. The quantitative estimate of drug-likeness (QED) is 0.123. The van der Waals surface area contributed by atoms with Crippen LogP contribution in [0.1, 0.15) is 46.5 Å². The Morgan fingerprint density at radius 1 is 0.903 bits per heavy atom. The van der Waals surface area contributed by atoms with Gasteiger partial charge in [-0.2, -0.15) is 0 Å². The van der Waals surface area contributed by atoms with Gasteiger partial charge in [0.05, 0.1) is 18.8 Å². The molecule has 0 aliphatic rings. The molecule has 0 saturated carbocycles. The zero-order chi connectivity index (χ0) is 24.1. The molecule has 5 unspecified atom stereocenters. The first-order chi connectivity index (χ1) is 14.4. The van der Waals surface area contributed by atoms with E-state index in [0.29, 0.717) is 25.8 Å². The van der Waals surface area contributed by atoms with Crippen LogP contribution in [0.3, 0.4) is 0 Å². The average molecular weight is 448 g/mol. The van der Waals surface area contributed by atoms with Gasteiger partial charge in [0.15, 0.2) is 0 Å². The van der Waals surface area contributed by atoms with Gasteiger partial charge in [-0.05, 0) is 45.1 Å². The largest absolute Gasteiger partial charge is 0.480 e. The first-order valence-corrected chi connectivity index (χ1v) is 10.3. The van der Waals surface area contributed by atoms with E-state index >= 15 is 0 Å². The molecule has 31 heavy (non-hydrogen) atoms. The van der Waals surface area contributed by atoms with Crippen molar-refractivity contribution in [2.45, 2.75) is 76.7 Å². The number of aliphatic hydroxyl groups excluding tert-OH is 2. The summed E-state index contributed by atoms with van der Waals surface area (Å²) >= 11 is 0. The summed E-state index contributed by atoms with van der Waals surface area (Å²) in [6.07, 6.45) is 0.221. The Morgan fingerprint density at radius 2 is 1.48 bits per heavy atom. The summed E-state index contributed by atoms with van der Waals surface area (Å²) in [6, 6.07) is -5.01. The van der Waals surface area contributed by atoms with Crippen LogP contribution in [-0.2, 0) is 19.2 Å². The Balaban J connectivity index is 5.09. The molecular weight excluding hydrogens is 410 g/mol. The Morgan fingerprint density at radius 3 is 1.94 bits per heavy atom. The van der Waals surface area contributed by atoms with Crippen molar-refractivity contribution >= 4 is 23.7 Å². The van der Waals surface area contributed by atoms with Gasteiger partial charge in [-0.25, -0.2) is 4.79 Å². The summed E-state index contributed by atoms with van der Waals surface area (Å²) in [5.74, 6) is -3.62. The minimum absolute atomic E-state index is 0.129. The van der Waals surface area contributed by atoms with Crippen molar-refractivity contribution in [3.8, 4) is 0 Å². The molecule has 180 valence electrons. The third-order valence-corrected chi connectivity index (χ3v) is 4.50. The molecule has 0 aliphatic heterocycles. The van der Waals surface area contributed by atoms with Crippen LogP contribution in [-0.4, -0.2) is 82.4 Å². The van der Waals surface area contributed by atoms with Crippen molar-refractivity contribution in [2.75, 3.05) is 13.2 Å². The second-order valence-corrected chi connectivity index (χ2v) is 7.89. The fraction of sp³-hybridized carbons (Fsp3) is 0.789. The van der Waals surface area contributed by atoms with E-state index in [-0.39, 0.29) is 12.3 Å². The van der Waals surface area contributed by atoms with Gasteiger partial charge >= 0.3 is 5.97 Å². The molecule has 0 spiro atoms. The number of aliphatic hydroxyl groups is 2. The number of hydrogen-bond acceptors (Lipinski definition) is 8. The topological polar surface area (TPSA) is 217 Å². The van der Waals surface area contributed by atoms with E-state index in [1.807, 2.05) is 13.8 Å². The van der Waals surface area contributed by atoms with Crippen LogP contribution in [0.5, 0.6) is 0 Å². The lowest BCUT2D eigenvalue weighted by atomic mass is 10.0.